The summed E-state index contributed by atoms with van der Waals surface area (Å²) in [4.78, 5) is 0. The first-order valence-electron chi connectivity index (χ1n) is 5.39. The van der Waals surface area contributed by atoms with Gasteiger partial charge in [0, 0.05) is 6.54 Å². The van der Waals surface area contributed by atoms with Crippen LogP contribution in [0.2, 0.25) is 0 Å². The summed E-state index contributed by atoms with van der Waals surface area (Å²) in [5.74, 6) is 5.97. The lowest BCUT2D eigenvalue weighted by atomic mass is 9.96. The first kappa shape index (κ1) is 8.74. The van der Waals surface area contributed by atoms with Gasteiger partial charge in [-0.3, -0.25) is 0 Å². The van der Waals surface area contributed by atoms with Gasteiger partial charge in [0.05, 0.1) is 5.69 Å². The van der Waals surface area contributed by atoms with Gasteiger partial charge in [-0.2, -0.15) is 0 Å². The van der Waals surface area contributed by atoms with Crippen molar-refractivity contribution in [3.63, 3.8) is 0 Å². The van der Waals surface area contributed by atoms with E-state index in [2.05, 4.69) is 36.4 Å². The Morgan fingerprint density at radius 2 is 1.93 bits per heavy atom. The lowest BCUT2D eigenvalue weighted by molar-refractivity contribution is 0.718. The molecule has 0 spiro atoms. The summed E-state index contributed by atoms with van der Waals surface area (Å²) in [6.07, 6.45) is 2.29. The fourth-order valence-corrected chi connectivity index (χ4v) is 2.40. The summed E-state index contributed by atoms with van der Waals surface area (Å²) < 4.78 is 0. The molecule has 0 fully saturated rings. The predicted molar refractivity (Wildman–Crippen MR) is 63.8 cm³/mol. The summed E-state index contributed by atoms with van der Waals surface area (Å²) in [6, 6.07) is 12.8. The highest BCUT2D eigenvalue weighted by Crippen LogP contribution is 2.31. The van der Waals surface area contributed by atoms with Gasteiger partial charge < -0.3 is 5.01 Å². The third kappa shape index (κ3) is 1.29. The minimum atomic E-state index is 0.964. The number of hydrogen-bond donors (Lipinski definition) is 1. The van der Waals surface area contributed by atoms with E-state index in [0.717, 1.165) is 19.4 Å². The van der Waals surface area contributed by atoms with E-state index >= 15 is 0 Å². The SMILES string of the molecule is NN1CCCc2c1ccc1ccccc21. The Labute approximate surface area is 89.3 Å². The fourth-order valence-electron chi connectivity index (χ4n) is 2.40. The van der Waals surface area contributed by atoms with Crippen LogP contribution in [0.3, 0.4) is 0 Å². The van der Waals surface area contributed by atoms with Gasteiger partial charge >= 0.3 is 0 Å². The molecule has 0 aromatic heterocycles. The van der Waals surface area contributed by atoms with Crippen LogP contribution >= 0.6 is 0 Å². The molecule has 15 heavy (non-hydrogen) atoms. The van der Waals surface area contributed by atoms with E-state index < -0.39 is 0 Å². The molecule has 1 heterocycles. The van der Waals surface area contributed by atoms with Crippen LogP contribution in [0.4, 0.5) is 5.69 Å². The highest BCUT2D eigenvalue weighted by atomic mass is 15.4. The molecule has 3 rings (SSSR count). The van der Waals surface area contributed by atoms with Crippen LogP contribution in [0.5, 0.6) is 0 Å². The van der Waals surface area contributed by atoms with Crippen molar-refractivity contribution in [1.82, 2.24) is 0 Å². The van der Waals surface area contributed by atoms with E-state index in [1.165, 1.54) is 22.0 Å². The molecule has 1 aliphatic rings. The van der Waals surface area contributed by atoms with E-state index in [-0.39, 0.29) is 0 Å². The Morgan fingerprint density at radius 3 is 2.87 bits per heavy atom. The molecule has 2 aromatic rings. The largest absolute Gasteiger partial charge is 0.311 e. The van der Waals surface area contributed by atoms with E-state index in [1.54, 1.807) is 0 Å². The highest BCUT2D eigenvalue weighted by molar-refractivity contribution is 5.90. The van der Waals surface area contributed by atoms with Gasteiger partial charge in [0.25, 0.3) is 0 Å². The molecular weight excluding hydrogens is 184 g/mol. The van der Waals surface area contributed by atoms with Crippen molar-refractivity contribution in [2.75, 3.05) is 11.6 Å². The molecule has 0 amide bonds. The Bertz CT molecular complexity index is 505. The molecule has 0 radical (unpaired) electrons. The second-order valence-corrected chi connectivity index (χ2v) is 4.08. The summed E-state index contributed by atoms with van der Waals surface area (Å²) in [6.45, 7) is 0.964. The van der Waals surface area contributed by atoms with Crippen molar-refractivity contribution in [1.29, 1.82) is 0 Å². The standard InChI is InChI=1S/C13H14N2/c14-15-9-3-6-12-11-5-2-1-4-10(11)7-8-13(12)15/h1-2,4-5,7-8H,3,6,9,14H2. The summed E-state index contributed by atoms with van der Waals surface area (Å²) in [5, 5.41) is 4.53. The van der Waals surface area contributed by atoms with Gasteiger partial charge in [-0.15, -0.1) is 0 Å². The van der Waals surface area contributed by atoms with Crippen molar-refractivity contribution in [2.45, 2.75) is 12.8 Å². The average Bonchev–Trinajstić information content (AvgIpc) is 2.29. The summed E-state index contributed by atoms with van der Waals surface area (Å²) in [7, 11) is 0. The maximum Gasteiger partial charge on any atom is 0.0555 e. The Hall–Kier alpha value is -1.54. The molecule has 2 N–H and O–H groups in total. The molecule has 0 saturated heterocycles. The Balaban J connectivity index is 2.33. The third-order valence-corrected chi connectivity index (χ3v) is 3.15. The van der Waals surface area contributed by atoms with Crippen molar-refractivity contribution in [3.05, 3.63) is 42.0 Å². The molecule has 1 aliphatic heterocycles. The van der Waals surface area contributed by atoms with Crippen LogP contribution in [-0.4, -0.2) is 6.54 Å². The molecular formula is C13H14N2. The van der Waals surface area contributed by atoms with Crippen LogP contribution in [0, 0.1) is 0 Å². The van der Waals surface area contributed by atoms with E-state index in [4.69, 9.17) is 5.84 Å². The summed E-state index contributed by atoms with van der Waals surface area (Å²) >= 11 is 0. The monoisotopic (exact) mass is 198 g/mol. The van der Waals surface area contributed by atoms with Crippen LogP contribution in [0.1, 0.15) is 12.0 Å². The molecule has 76 valence electrons. The van der Waals surface area contributed by atoms with Gasteiger partial charge in [0.15, 0.2) is 0 Å². The Morgan fingerprint density at radius 1 is 1.07 bits per heavy atom. The van der Waals surface area contributed by atoms with Crippen molar-refractivity contribution in [2.24, 2.45) is 5.84 Å². The zero-order chi connectivity index (χ0) is 10.3. The van der Waals surface area contributed by atoms with Crippen LogP contribution in [0.25, 0.3) is 10.8 Å². The van der Waals surface area contributed by atoms with Gasteiger partial charge in [-0.05, 0) is 35.2 Å². The van der Waals surface area contributed by atoms with Crippen LogP contribution < -0.4 is 10.9 Å². The van der Waals surface area contributed by atoms with Gasteiger partial charge in [0.1, 0.15) is 0 Å². The Kier molecular flexibility index (Phi) is 1.89. The van der Waals surface area contributed by atoms with E-state index in [1.807, 2.05) is 5.01 Å². The quantitative estimate of drug-likeness (QED) is 0.659. The maximum atomic E-state index is 5.97. The predicted octanol–water partition coefficient (Wildman–Crippen LogP) is 2.47. The van der Waals surface area contributed by atoms with Gasteiger partial charge in [-0.25, -0.2) is 5.84 Å². The van der Waals surface area contributed by atoms with Gasteiger partial charge in [0.2, 0.25) is 0 Å². The van der Waals surface area contributed by atoms with Gasteiger partial charge in [-0.1, -0.05) is 30.3 Å². The minimum Gasteiger partial charge on any atom is -0.311 e. The van der Waals surface area contributed by atoms with Crippen molar-refractivity contribution >= 4 is 16.5 Å². The zero-order valence-electron chi connectivity index (χ0n) is 8.61. The topological polar surface area (TPSA) is 29.3 Å². The lowest BCUT2D eigenvalue weighted by Crippen LogP contribution is -2.35. The third-order valence-electron chi connectivity index (χ3n) is 3.15. The molecule has 2 aromatic carbocycles. The number of hydrogen-bond acceptors (Lipinski definition) is 2. The van der Waals surface area contributed by atoms with Crippen molar-refractivity contribution in [3.8, 4) is 0 Å². The second-order valence-electron chi connectivity index (χ2n) is 4.08. The first-order chi connectivity index (χ1) is 7.36. The highest BCUT2D eigenvalue weighted by Gasteiger charge is 2.15. The molecule has 0 aliphatic carbocycles. The first-order valence-corrected chi connectivity index (χ1v) is 5.39. The average molecular weight is 198 g/mol. The maximum absolute atomic E-state index is 5.97. The number of fused-ring (bicyclic) bond motifs is 3. The minimum absolute atomic E-state index is 0.964. The number of hydrazine groups is 1. The zero-order valence-corrected chi connectivity index (χ0v) is 8.61. The number of nitrogens with two attached hydrogens (primary N) is 1. The number of nitrogens with zero attached hydrogens (tertiary/aromatic N) is 1. The van der Waals surface area contributed by atoms with Crippen molar-refractivity contribution < 1.29 is 0 Å². The smallest absolute Gasteiger partial charge is 0.0555 e. The molecule has 2 nitrogen and oxygen atoms in total. The lowest BCUT2D eigenvalue weighted by Gasteiger charge is -2.27. The molecule has 0 bridgehead atoms. The molecule has 0 saturated carbocycles. The molecule has 2 heteroatoms. The fraction of sp³-hybridized carbons (Fsp3) is 0.231. The number of anilines is 1. The molecule has 0 unspecified atom stereocenters. The number of benzene rings is 2. The second kappa shape index (κ2) is 3.24. The van der Waals surface area contributed by atoms with E-state index in [0.29, 0.717) is 0 Å². The van der Waals surface area contributed by atoms with Crippen LogP contribution in [-0.2, 0) is 6.42 Å². The summed E-state index contributed by atoms with van der Waals surface area (Å²) in [5.41, 5.74) is 2.60. The van der Waals surface area contributed by atoms with E-state index in [9.17, 15) is 0 Å². The number of rotatable bonds is 0. The molecule has 0 atom stereocenters. The van der Waals surface area contributed by atoms with Crippen LogP contribution in [0.15, 0.2) is 36.4 Å². The number of aryl methyl sites for hydroxylation is 1. The normalized spacial score (nSPS) is 15.4.